The molecule has 1 aromatic rings. The molecule has 0 radical (unpaired) electrons. The molecule has 1 rings (SSSR count). The van der Waals surface area contributed by atoms with Gasteiger partial charge >= 0.3 is 6.61 Å². The Hall–Kier alpha value is -1.20. The summed E-state index contributed by atoms with van der Waals surface area (Å²) < 4.78 is 28.4. The van der Waals surface area contributed by atoms with E-state index in [2.05, 4.69) is 23.5 Å². The molecule has 1 aromatic carbocycles. The van der Waals surface area contributed by atoms with Crippen molar-refractivity contribution in [2.75, 3.05) is 13.6 Å². The monoisotopic (exact) mass is 258 g/mol. The van der Waals surface area contributed by atoms with Gasteiger partial charge in [-0.2, -0.15) is 8.78 Å². The van der Waals surface area contributed by atoms with Crippen LogP contribution in [0.2, 0.25) is 0 Å². The molecule has 0 fully saturated rings. The van der Waals surface area contributed by atoms with Crippen molar-refractivity contribution in [3.05, 3.63) is 29.8 Å². The molecule has 0 aliphatic heterocycles. The third-order valence-corrected chi connectivity index (χ3v) is 3.02. The molecule has 1 unspecified atom stereocenters. The van der Waals surface area contributed by atoms with E-state index in [1.54, 1.807) is 24.3 Å². The van der Waals surface area contributed by atoms with Crippen LogP contribution < -0.4 is 10.5 Å². The zero-order chi connectivity index (χ0) is 13.7. The van der Waals surface area contributed by atoms with Gasteiger partial charge < -0.3 is 10.5 Å². The molecule has 0 amide bonds. The highest BCUT2D eigenvalue weighted by molar-refractivity contribution is 5.29. The smallest absolute Gasteiger partial charge is 0.387 e. The fraction of sp³-hybridized carbons (Fsp3) is 0.538. The van der Waals surface area contributed by atoms with E-state index < -0.39 is 6.61 Å². The van der Waals surface area contributed by atoms with Crippen LogP contribution in [0.15, 0.2) is 24.3 Å². The number of ether oxygens (including phenoxy) is 1. The maximum atomic E-state index is 12.0. The van der Waals surface area contributed by atoms with Crippen molar-refractivity contribution in [1.82, 2.24) is 4.90 Å². The Bertz CT molecular complexity index is 355. The summed E-state index contributed by atoms with van der Waals surface area (Å²) in [5.41, 5.74) is 6.77. The molecule has 1 atom stereocenters. The number of hydrogen-bond acceptors (Lipinski definition) is 3. The van der Waals surface area contributed by atoms with Gasteiger partial charge in [0.15, 0.2) is 0 Å². The molecule has 0 heterocycles. The van der Waals surface area contributed by atoms with Crippen LogP contribution in [0.5, 0.6) is 5.75 Å². The Morgan fingerprint density at radius 1 is 1.22 bits per heavy atom. The van der Waals surface area contributed by atoms with Crippen molar-refractivity contribution >= 4 is 0 Å². The molecule has 3 nitrogen and oxygen atoms in total. The van der Waals surface area contributed by atoms with Gasteiger partial charge in [-0.25, -0.2) is 0 Å². The van der Waals surface area contributed by atoms with E-state index in [9.17, 15) is 8.78 Å². The van der Waals surface area contributed by atoms with Crippen LogP contribution in [0, 0.1) is 0 Å². The van der Waals surface area contributed by atoms with Gasteiger partial charge in [0, 0.05) is 18.6 Å². The maximum Gasteiger partial charge on any atom is 0.387 e. The molecule has 102 valence electrons. The van der Waals surface area contributed by atoms with Gasteiger partial charge in [-0.3, -0.25) is 4.90 Å². The number of nitrogens with zero attached hydrogens (tertiary/aromatic N) is 1. The minimum atomic E-state index is -2.79. The van der Waals surface area contributed by atoms with Gasteiger partial charge in [0.2, 0.25) is 0 Å². The zero-order valence-corrected chi connectivity index (χ0v) is 10.9. The molecule has 0 aromatic heterocycles. The molecular weight excluding hydrogens is 238 g/mol. The minimum Gasteiger partial charge on any atom is -0.435 e. The van der Waals surface area contributed by atoms with Crippen LogP contribution in [-0.4, -0.2) is 31.1 Å². The summed E-state index contributed by atoms with van der Waals surface area (Å²) in [6.45, 7) is 1.84. The second-order valence-corrected chi connectivity index (χ2v) is 4.46. The van der Waals surface area contributed by atoms with Crippen molar-refractivity contribution in [1.29, 1.82) is 0 Å². The van der Waals surface area contributed by atoms with E-state index in [1.165, 1.54) is 0 Å². The van der Waals surface area contributed by atoms with Gasteiger partial charge in [0.05, 0.1) is 0 Å². The summed E-state index contributed by atoms with van der Waals surface area (Å²) in [4.78, 5) is 2.14. The van der Waals surface area contributed by atoms with Gasteiger partial charge in [-0.05, 0) is 38.6 Å². The lowest BCUT2D eigenvalue weighted by Crippen LogP contribution is -2.35. The topological polar surface area (TPSA) is 38.5 Å². The lowest BCUT2D eigenvalue weighted by molar-refractivity contribution is -0.0498. The summed E-state index contributed by atoms with van der Waals surface area (Å²) >= 11 is 0. The molecule has 0 saturated carbocycles. The largest absolute Gasteiger partial charge is 0.435 e. The second-order valence-electron chi connectivity index (χ2n) is 4.46. The molecule has 0 aliphatic carbocycles. The lowest BCUT2D eigenvalue weighted by Gasteiger charge is -2.30. The Morgan fingerprint density at radius 2 is 1.78 bits per heavy atom. The van der Waals surface area contributed by atoms with Gasteiger partial charge in [0.25, 0.3) is 0 Å². The molecule has 0 bridgehead atoms. The molecule has 18 heavy (non-hydrogen) atoms. The Balaban J connectivity index is 2.81. The number of hydrogen-bond donors (Lipinski definition) is 1. The summed E-state index contributed by atoms with van der Waals surface area (Å²) in [5.74, 6) is 0.164. The van der Waals surface area contributed by atoms with Gasteiger partial charge in [-0.1, -0.05) is 12.1 Å². The van der Waals surface area contributed by atoms with Crippen molar-refractivity contribution in [3.63, 3.8) is 0 Å². The van der Waals surface area contributed by atoms with Gasteiger partial charge in [-0.15, -0.1) is 0 Å². The average Bonchev–Trinajstić information content (AvgIpc) is 2.31. The van der Waals surface area contributed by atoms with Gasteiger partial charge in [0.1, 0.15) is 5.75 Å². The van der Waals surface area contributed by atoms with Crippen LogP contribution in [0.3, 0.4) is 0 Å². The molecule has 5 heteroatoms. The maximum absolute atomic E-state index is 12.0. The van der Waals surface area contributed by atoms with Crippen LogP contribution in [0.1, 0.15) is 25.5 Å². The summed E-state index contributed by atoms with van der Waals surface area (Å²) in [5, 5.41) is 0. The summed E-state index contributed by atoms with van der Waals surface area (Å²) in [6, 6.07) is 7.06. The second kappa shape index (κ2) is 6.66. The third-order valence-electron chi connectivity index (χ3n) is 3.02. The van der Waals surface area contributed by atoms with Crippen molar-refractivity contribution < 1.29 is 13.5 Å². The highest BCUT2D eigenvalue weighted by Gasteiger charge is 2.17. The van der Waals surface area contributed by atoms with Crippen molar-refractivity contribution in [3.8, 4) is 5.75 Å². The van der Waals surface area contributed by atoms with E-state index >= 15 is 0 Å². The molecule has 0 aliphatic rings. The lowest BCUT2D eigenvalue weighted by atomic mass is 10.0. The first-order chi connectivity index (χ1) is 8.45. The fourth-order valence-electron chi connectivity index (χ4n) is 1.77. The number of rotatable bonds is 6. The van der Waals surface area contributed by atoms with Crippen LogP contribution in [0.4, 0.5) is 8.78 Å². The molecule has 0 spiro atoms. The van der Waals surface area contributed by atoms with Crippen molar-refractivity contribution in [2.24, 2.45) is 5.73 Å². The molecular formula is C13H20F2N2O. The van der Waals surface area contributed by atoms with E-state index in [0.29, 0.717) is 12.6 Å². The highest BCUT2D eigenvalue weighted by Crippen LogP contribution is 2.23. The first kappa shape index (κ1) is 14.9. The normalized spacial score (nSPS) is 13.4. The number of nitrogens with two attached hydrogens (primary N) is 1. The first-order valence-corrected chi connectivity index (χ1v) is 5.92. The number of alkyl halides is 2. The Labute approximate surface area is 107 Å². The standard InChI is InChI=1S/C13H20F2N2O/c1-9(2)17(3)12(8-16)10-4-6-11(7-5-10)18-13(14)15/h4-7,9,12-13H,8,16H2,1-3H3. The van der Waals surface area contributed by atoms with E-state index in [-0.39, 0.29) is 11.8 Å². The minimum absolute atomic E-state index is 0.0746. The van der Waals surface area contributed by atoms with Crippen molar-refractivity contribution in [2.45, 2.75) is 32.5 Å². The number of likely N-dealkylation sites (N-methyl/N-ethyl adjacent to an activating group) is 1. The zero-order valence-electron chi connectivity index (χ0n) is 10.9. The quantitative estimate of drug-likeness (QED) is 0.852. The molecule has 0 saturated heterocycles. The van der Waals surface area contributed by atoms with E-state index in [1.807, 2.05) is 7.05 Å². The first-order valence-electron chi connectivity index (χ1n) is 5.92. The van der Waals surface area contributed by atoms with Crippen LogP contribution in [0.25, 0.3) is 0 Å². The van der Waals surface area contributed by atoms with E-state index in [4.69, 9.17) is 5.73 Å². The predicted octanol–water partition coefficient (Wildman–Crippen LogP) is 2.63. The fourth-order valence-corrected chi connectivity index (χ4v) is 1.77. The van der Waals surface area contributed by atoms with Crippen LogP contribution >= 0.6 is 0 Å². The average molecular weight is 258 g/mol. The summed E-state index contributed by atoms with van der Waals surface area (Å²) in [7, 11) is 1.99. The number of benzene rings is 1. The SMILES string of the molecule is CC(C)N(C)C(CN)c1ccc(OC(F)F)cc1. The highest BCUT2D eigenvalue weighted by atomic mass is 19.3. The van der Waals surface area contributed by atoms with E-state index in [0.717, 1.165) is 5.56 Å². The Morgan fingerprint density at radius 3 is 2.17 bits per heavy atom. The summed E-state index contributed by atoms with van der Waals surface area (Å²) in [6.07, 6.45) is 0. The van der Waals surface area contributed by atoms with Crippen LogP contribution in [-0.2, 0) is 0 Å². The predicted molar refractivity (Wildman–Crippen MR) is 67.8 cm³/mol. The number of halogens is 2. The third kappa shape index (κ3) is 3.92. The Kier molecular flexibility index (Phi) is 5.50. The molecule has 2 N–H and O–H groups in total.